The second-order valence-electron chi connectivity index (χ2n) is 0.408. The maximum Gasteiger partial charge on any atom is 2.00 e. The molecule has 40 valence electrons. The summed E-state index contributed by atoms with van der Waals surface area (Å²) in [6, 6.07) is 0. The van der Waals surface area contributed by atoms with Crippen LogP contribution in [0, 0.1) is 0 Å². The van der Waals surface area contributed by atoms with E-state index in [1.54, 1.807) is 0 Å². The van der Waals surface area contributed by atoms with Crippen molar-refractivity contribution in [3.63, 3.8) is 0 Å². The fourth-order valence-corrected chi connectivity index (χ4v) is 0. The molecule has 8 heteroatoms. The van der Waals surface area contributed by atoms with Crippen LogP contribution in [0.1, 0.15) is 0 Å². The SMILES string of the molecule is O=S(=O)([O-])[O-].[Ca+2].[Cl-].[Na+]. The molecule has 0 spiro atoms. The third kappa shape index (κ3) is 79.2. The molecule has 0 bridgehead atoms. The third-order valence-electron chi connectivity index (χ3n) is 0. The van der Waals surface area contributed by atoms with Crippen LogP contribution in [0.4, 0.5) is 0 Å². The van der Waals surface area contributed by atoms with Crippen molar-refractivity contribution in [3.8, 4) is 0 Å². The molecule has 0 aromatic heterocycles. The monoisotopic (exact) mass is 194 g/mol. The van der Waals surface area contributed by atoms with Crippen LogP contribution in [0.15, 0.2) is 0 Å². The predicted molar refractivity (Wildman–Crippen MR) is 16.2 cm³/mol. The number of hydrogen-bond donors (Lipinski definition) is 0. The van der Waals surface area contributed by atoms with Gasteiger partial charge in [-0.05, 0) is 0 Å². The summed E-state index contributed by atoms with van der Waals surface area (Å²) in [4.78, 5) is 0. The molecule has 0 rings (SSSR count). The topological polar surface area (TPSA) is 80.3 Å². The zero-order chi connectivity index (χ0) is 4.50. The van der Waals surface area contributed by atoms with E-state index in [-0.39, 0.29) is 79.7 Å². The minimum Gasteiger partial charge on any atom is -1.00 e. The van der Waals surface area contributed by atoms with Gasteiger partial charge in [0.1, 0.15) is 0 Å². The molecule has 8 heavy (non-hydrogen) atoms. The first-order valence-corrected chi connectivity index (χ1v) is 2.00. The summed E-state index contributed by atoms with van der Waals surface area (Å²) in [6.45, 7) is 0. The normalized spacial score (nSPS) is 7.25. The largest absolute Gasteiger partial charge is 2.00 e. The van der Waals surface area contributed by atoms with Crippen LogP contribution in [0.5, 0.6) is 0 Å². The molecule has 0 aromatic carbocycles. The summed E-state index contributed by atoms with van der Waals surface area (Å²) < 4.78 is 34.1. The Morgan fingerprint density at radius 1 is 1.12 bits per heavy atom. The van der Waals surface area contributed by atoms with Gasteiger partial charge in [-0.2, -0.15) is 0 Å². The van der Waals surface area contributed by atoms with Gasteiger partial charge in [0.15, 0.2) is 0 Å². The molecule has 0 saturated heterocycles. The van der Waals surface area contributed by atoms with Crippen molar-refractivity contribution in [3.05, 3.63) is 0 Å². The zero-order valence-electron chi connectivity index (χ0n) is 4.13. The Kier molecular flexibility index (Phi) is 26.4. The van der Waals surface area contributed by atoms with E-state index in [4.69, 9.17) is 17.5 Å². The van der Waals surface area contributed by atoms with Gasteiger partial charge in [-0.3, -0.25) is 8.42 Å². The molecule has 0 aliphatic rings. The number of hydrogen-bond acceptors (Lipinski definition) is 4. The van der Waals surface area contributed by atoms with Crippen molar-refractivity contribution in [1.82, 2.24) is 0 Å². The molecule has 0 aliphatic carbocycles. The van der Waals surface area contributed by atoms with Gasteiger partial charge in [-0.15, -0.1) is 0 Å². The molecular weight excluding hydrogens is 195 g/mol. The van der Waals surface area contributed by atoms with E-state index in [0.717, 1.165) is 0 Å². The summed E-state index contributed by atoms with van der Waals surface area (Å²) in [6.07, 6.45) is 0. The maximum atomic E-state index is 8.52. The smallest absolute Gasteiger partial charge is 1.00 e. The van der Waals surface area contributed by atoms with E-state index < -0.39 is 10.4 Å². The van der Waals surface area contributed by atoms with Gasteiger partial charge in [0.25, 0.3) is 0 Å². The second kappa shape index (κ2) is 9.42. The van der Waals surface area contributed by atoms with E-state index in [9.17, 15) is 0 Å². The number of halogens is 1. The Bertz CT molecular complexity index is 99.2. The first kappa shape index (κ1) is 22.4. The summed E-state index contributed by atoms with van der Waals surface area (Å²) in [7, 11) is -5.17. The van der Waals surface area contributed by atoms with Crippen LogP contribution in [-0.4, -0.2) is 55.3 Å². The van der Waals surface area contributed by atoms with E-state index >= 15 is 0 Å². The molecular formula is CaClNaO4S. The molecule has 0 unspecified atom stereocenters. The van der Waals surface area contributed by atoms with Gasteiger partial charge in [-0.1, -0.05) is 0 Å². The molecule has 0 N–H and O–H groups in total. The Balaban J connectivity index is -0.0000000267. The van der Waals surface area contributed by atoms with Crippen LogP contribution in [-0.2, 0) is 10.4 Å². The molecule has 4 nitrogen and oxygen atoms in total. The summed E-state index contributed by atoms with van der Waals surface area (Å²) in [5, 5.41) is 0. The Labute approximate surface area is 106 Å². The van der Waals surface area contributed by atoms with Gasteiger partial charge >= 0.3 is 67.3 Å². The summed E-state index contributed by atoms with van der Waals surface area (Å²) >= 11 is 0. The zero-order valence-corrected chi connectivity index (χ0v) is 9.91. The van der Waals surface area contributed by atoms with E-state index in [2.05, 4.69) is 0 Å². The van der Waals surface area contributed by atoms with Crippen molar-refractivity contribution in [2.75, 3.05) is 0 Å². The Morgan fingerprint density at radius 2 is 1.12 bits per heavy atom. The minimum atomic E-state index is -5.17. The quantitative estimate of drug-likeness (QED) is 0.218. The summed E-state index contributed by atoms with van der Waals surface area (Å²) in [5.74, 6) is 0. The average Bonchev–Trinajstić information content (AvgIpc) is 0.722. The first-order chi connectivity index (χ1) is 2.00. The van der Waals surface area contributed by atoms with E-state index in [1.165, 1.54) is 0 Å². The molecule has 0 aromatic rings. The number of rotatable bonds is 0. The van der Waals surface area contributed by atoms with Crippen molar-refractivity contribution >= 4 is 48.1 Å². The van der Waals surface area contributed by atoms with Crippen LogP contribution in [0.3, 0.4) is 0 Å². The molecule has 0 fully saturated rings. The van der Waals surface area contributed by atoms with Gasteiger partial charge in [0, 0.05) is 10.4 Å². The van der Waals surface area contributed by atoms with Crippen LogP contribution >= 0.6 is 0 Å². The van der Waals surface area contributed by atoms with Crippen molar-refractivity contribution in [1.29, 1.82) is 0 Å². The van der Waals surface area contributed by atoms with Crippen LogP contribution < -0.4 is 42.0 Å². The van der Waals surface area contributed by atoms with Gasteiger partial charge in [0.05, 0.1) is 0 Å². The standard InChI is InChI=1S/Ca.ClH.Na.H2O4S/c;;;1-5(2,3)4/h;1H;;(H2,1,2,3,4)/q+2;;+1;/p-3. The Morgan fingerprint density at radius 3 is 1.12 bits per heavy atom. The van der Waals surface area contributed by atoms with Crippen LogP contribution in [0.2, 0.25) is 0 Å². The van der Waals surface area contributed by atoms with Gasteiger partial charge < -0.3 is 21.5 Å². The first-order valence-electron chi connectivity index (χ1n) is 0.667. The average molecular weight is 195 g/mol. The third-order valence-corrected chi connectivity index (χ3v) is 0. The fraction of sp³-hybridized carbons (Fsp3) is 0. The molecule has 0 saturated carbocycles. The minimum absolute atomic E-state index is 0. The van der Waals surface area contributed by atoms with E-state index in [1.807, 2.05) is 0 Å². The van der Waals surface area contributed by atoms with Crippen LogP contribution in [0.25, 0.3) is 0 Å². The molecule has 0 radical (unpaired) electrons. The second-order valence-corrected chi connectivity index (χ2v) is 1.22. The predicted octanol–water partition coefficient (Wildman–Crippen LogP) is -7.71. The molecule has 0 aliphatic heterocycles. The van der Waals surface area contributed by atoms with Crippen molar-refractivity contribution in [2.24, 2.45) is 0 Å². The molecule has 0 heterocycles. The van der Waals surface area contributed by atoms with E-state index in [0.29, 0.717) is 0 Å². The van der Waals surface area contributed by atoms with Crippen molar-refractivity contribution in [2.45, 2.75) is 0 Å². The van der Waals surface area contributed by atoms with Gasteiger partial charge in [0.2, 0.25) is 0 Å². The summed E-state index contributed by atoms with van der Waals surface area (Å²) in [5.41, 5.74) is 0. The Hall–Kier alpha value is 2.42. The van der Waals surface area contributed by atoms with Gasteiger partial charge in [-0.25, -0.2) is 0 Å². The van der Waals surface area contributed by atoms with Crippen molar-refractivity contribution < 1.29 is 59.5 Å². The molecule has 0 amide bonds. The molecule has 0 atom stereocenters. The maximum absolute atomic E-state index is 8.52. The fourth-order valence-electron chi connectivity index (χ4n) is 0.